The van der Waals surface area contributed by atoms with E-state index < -0.39 is 0 Å². The molecule has 0 fully saturated rings. The molecule has 0 aliphatic heterocycles. The van der Waals surface area contributed by atoms with Crippen molar-refractivity contribution in [2.45, 2.75) is 31.5 Å². The first kappa shape index (κ1) is 12.4. The van der Waals surface area contributed by atoms with Crippen LogP contribution >= 0.6 is 15.9 Å². The molecule has 2 aromatic heterocycles. The Kier molecular flexibility index (Phi) is 3.99. The molecule has 0 aromatic carbocycles. The number of nitrogens with zero attached hydrogens (tertiary/aromatic N) is 3. The number of fused-ring (bicyclic) bond motifs is 1. The van der Waals surface area contributed by atoms with Crippen molar-refractivity contribution >= 4 is 27.3 Å². The van der Waals surface area contributed by atoms with Crippen LogP contribution in [0.15, 0.2) is 18.5 Å². The van der Waals surface area contributed by atoms with E-state index in [4.69, 9.17) is 0 Å². The Hall–Kier alpha value is -1.10. The quantitative estimate of drug-likeness (QED) is 0.863. The molecule has 2 aromatic rings. The molecule has 4 nitrogen and oxygen atoms in total. The van der Waals surface area contributed by atoms with Gasteiger partial charge in [-0.1, -0.05) is 22.9 Å². The SMILES string of the molecule is CCC(Br)CCNc1nccn2nc(C)cc12. The van der Waals surface area contributed by atoms with E-state index in [1.807, 2.05) is 23.7 Å². The van der Waals surface area contributed by atoms with Crippen LogP contribution in [0.2, 0.25) is 0 Å². The van der Waals surface area contributed by atoms with E-state index in [0.717, 1.165) is 36.4 Å². The molecule has 1 N–H and O–H groups in total. The van der Waals surface area contributed by atoms with Gasteiger partial charge in [0.1, 0.15) is 5.52 Å². The van der Waals surface area contributed by atoms with Gasteiger partial charge in [0, 0.05) is 23.8 Å². The highest BCUT2D eigenvalue weighted by atomic mass is 79.9. The first-order valence-corrected chi connectivity index (χ1v) is 6.81. The number of rotatable bonds is 5. The summed E-state index contributed by atoms with van der Waals surface area (Å²) in [7, 11) is 0. The van der Waals surface area contributed by atoms with Gasteiger partial charge in [-0.3, -0.25) is 0 Å². The number of nitrogens with one attached hydrogen (secondary N) is 1. The van der Waals surface area contributed by atoms with Gasteiger partial charge in [-0.05, 0) is 25.8 Å². The van der Waals surface area contributed by atoms with Gasteiger partial charge in [-0.15, -0.1) is 0 Å². The third-order valence-electron chi connectivity index (χ3n) is 2.71. The lowest BCUT2D eigenvalue weighted by atomic mass is 10.2. The number of aryl methyl sites for hydroxylation is 1. The molecule has 5 heteroatoms. The molecular formula is C12H17BrN4. The summed E-state index contributed by atoms with van der Waals surface area (Å²) in [6.45, 7) is 5.09. The number of anilines is 1. The van der Waals surface area contributed by atoms with E-state index in [9.17, 15) is 0 Å². The number of alkyl halides is 1. The Bertz CT molecular complexity index is 494. The molecule has 2 heterocycles. The predicted octanol–water partition coefficient (Wildman–Crippen LogP) is 3.01. The molecule has 17 heavy (non-hydrogen) atoms. The number of hydrogen-bond acceptors (Lipinski definition) is 3. The highest BCUT2D eigenvalue weighted by molar-refractivity contribution is 9.09. The van der Waals surface area contributed by atoms with Crippen LogP contribution in [0.5, 0.6) is 0 Å². The van der Waals surface area contributed by atoms with Crippen molar-refractivity contribution in [1.82, 2.24) is 14.6 Å². The molecule has 0 aliphatic carbocycles. The lowest BCUT2D eigenvalue weighted by Gasteiger charge is -2.09. The third-order valence-corrected chi connectivity index (χ3v) is 3.81. The highest BCUT2D eigenvalue weighted by Gasteiger charge is 2.05. The fourth-order valence-electron chi connectivity index (χ4n) is 1.73. The van der Waals surface area contributed by atoms with Gasteiger partial charge < -0.3 is 5.32 Å². The van der Waals surface area contributed by atoms with E-state index in [-0.39, 0.29) is 0 Å². The summed E-state index contributed by atoms with van der Waals surface area (Å²) in [5, 5.41) is 7.72. The van der Waals surface area contributed by atoms with Gasteiger partial charge in [-0.25, -0.2) is 9.50 Å². The average molecular weight is 297 g/mol. The monoisotopic (exact) mass is 296 g/mol. The molecule has 0 radical (unpaired) electrons. The molecule has 92 valence electrons. The molecule has 0 spiro atoms. The molecular weight excluding hydrogens is 280 g/mol. The predicted molar refractivity (Wildman–Crippen MR) is 73.8 cm³/mol. The maximum Gasteiger partial charge on any atom is 0.152 e. The van der Waals surface area contributed by atoms with Crippen LogP contribution in [-0.4, -0.2) is 26.0 Å². The molecule has 1 atom stereocenters. The molecule has 0 saturated carbocycles. The number of aromatic nitrogens is 3. The van der Waals surface area contributed by atoms with Gasteiger partial charge in [0.25, 0.3) is 0 Å². The second-order valence-corrected chi connectivity index (χ2v) is 5.41. The van der Waals surface area contributed by atoms with Crippen molar-refractivity contribution in [2.24, 2.45) is 0 Å². The number of halogens is 1. The Morgan fingerprint density at radius 2 is 2.35 bits per heavy atom. The van der Waals surface area contributed by atoms with Crippen molar-refractivity contribution in [3.05, 3.63) is 24.2 Å². The first-order valence-electron chi connectivity index (χ1n) is 5.89. The Balaban J connectivity index is 2.08. The molecule has 0 aliphatic rings. The zero-order chi connectivity index (χ0) is 12.3. The van der Waals surface area contributed by atoms with Crippen LogP contribution in [0.3, 0.4) is 0 Å². The van der Waals surface area contributed by atoms with Gasteiger partial charge in [0.05, 0.1) is 5.69 Å². The van der Waals surface area contributed by atoms with E-state index >= 15 is 0 Å². The maximum absolute atomic E-state index is 4.36. The van der Waals surface area contributed by atoms with Crippen LogP contribution in [-0.2, 0) is 0 Å². The van der Waals surface area contributed by atoms with Gasteiger partial charge in [0.15, 0.2) is 5.82 Å². The number of hydrogen-bond donors (Lipinski definition) is 1. The summed E-state index contributed by atoms with van der Waals surface area (Å²) in [6, 6.07) is 2.04. The van der Waals surface area contributed by atoms with Gasteiger partial charge in [0.2, 0.25) is 0 Å². The summed E-state index contributed by atoms with van der Waals surface area (Å²) < 4.78 is 1.86. The first-order chi connectivity index (χ1) is 8.20. The van der Waals surface area contributed by atoms with Crippen molar-refractivity contribution in [1.29, 1.82) is 0 Å². The van der Waals surface area contributed by atoms with Crippen molar-refractivity contribution in [3.63, 3.8) is 0 Å². The minimum atomic E-state index is 0.571. The van der Waals surface area contributed by atoms with E-state index in [2.05, 4.69) is 38.3 Å². The highest BCUT2D eigenvalue weighted by Crippen LogP contribution is 2.15. The Morgan fingerprint density at radius 1 is 1.53 bits per heavy atom. The van der Waals surface area contributed by atoms with Gasteiger partial charge >= 0.3 is 0 Å². The molecule has 2 rings (SSSR count). The fourth-order valence-corrected chi connectivity index (χ4v) is 1.96. The minimum absolute atomic E-state index is 0.571. The van der Waals surface area contributed by atoms with Crippen molar-refractivity contribution in [2.75, 3.05) is 11.9 Å². The van der Waals surface area contributed by atoms with E-state index in [1.54, 1.807) is 6.20 Å². The van der Waals surface area contributed by atoms with E-state index in [0.29, 0.717) is 4.83 Å². The lowest BCUT2D eigenvalue weighted by molar-refractivity contribution is 0.772. The summed E-state index contributed by atoms with van der Waals surface area (Å²) in [5.74, 6) is 0.906. The van der Waals surface area contributed by atoms with Crippen molar-refractivity contribution in [3.8, 4) is 0 Å². The zero-order valence-electron chi connectivity index (χ0n) is 10.2. The molecule has 0 bridgehead atoms. The van der Waals surface area contributed by atoms with Crippen LogP contribution in [0.25, 0.3) is 5.52 Å². The second-order valence-electron chi connectivity index (χ2n) is 4.11. The molecule has 0 saturated heterocycles. The maximum atomic E-state index is 4.36. The molecule has 1 unspecified atom stereocenters. The molecule has 0 amide bonds. The van der Waals surface area contributed by atoms with Gasteiger partial charge in [-0.2, -0.15) is 5.10 Å². The third kappa shape index (κ3) is 2.97. The Morgan fingerprint density at radius 3 is 3.12 bits per heavy atom. The second kappa shape index (κ2) is 5.49. The average Bonchev–Trinajstić information content (AvgIpc) is 2.70. The topological polar surface area (TPSA) is 42.2 Å². The van der Waals surface area contributed by atoms with Crippen LogP contribution in [0, 0.1) is 6.92 Å². The van der Waals surface area contributed by atoms with Crippen molar-refractivity contribution < 1.29 is 0 Å². The summed E-state index contributed by atoms with van der Waals surface area (Å²) in [6.07, 6.45) is 5.87. The largest absolute Gasteiger partial charge is 0.368 e. The summed E-state index contributed by atoms with van der Waals surface area (Å²) in [5.41, 5.74) is 2.04. The minimum Gasteiger partial charge on any atom is -0.368 e. The standard InChI is InChI=1S/C12H17BrN4/c1-3-10(13)4-5-14-12-11-8-9(2)16-17(11)7-6-15-12/h6-8,10H,3-5H2,1-2H3,(H,14,15). The Labute approximate surface area is 110 Å². The summed E-state index contributed by atoms with van der Waals surface area (Å²) in [4.78, 5) is 4.93. The normalized spacial score (nSPS) is 12.9. The van der Waals surface area contributed by atoms with Crippen LogP contribution in [0.4, 0.5) is 5.82 Å². The van der Waals surface area contributed by atoms with E-state index in [1.165, 1.54) is 0 Å². The summed E-state index contributed by atoms with van der Waals surface area (Å²) >= 11 is 3.63. The fraction of sp³-hybridized carbons (Fsp3) is 0.500. The smallest absolute Gasteiger partial charge is 0.152 e. The van der Waals surface area contributed by atoms with Crippen LogP contribution < -0.4 is 5.32 Å². The zero-order valence-corrected chi connectivity index (χ0v) is 11.7. The van der Waals surface area contributed by atoms with Crippen LogP contribution in [0.1, 0.15) is 25.5 Å². The lowest BCUT2D eigenvalue weighted by Crippen LogP contribution is -2.09.